The molecule has 70 valence electrons. The van der Waals surface area contributed by atoms with E-state index in [2.05, 4.69) is 5.10 Å². The first-order valence-corrected chi connectivity index (χ1v) is 4.24. The standard InChI is InChI=1S/C9H5ClN2O2/c10-6-1-3-7(4-2-6)12-9(14)8(13)5-11-12/h1-5H. The number of benzene rings is 1. The highest BCUT2D eigenvalue weighted by Gasteiger charge is 2.26. The molecular weight excluding hydrogens is 204 g/mol. The zero-order chi connectivity index (χ0) is 10.1. The fourth-order valence-electron chi connectivity index (χ4n) is 1.09. The van der Waals surface area contributed by atoms with E-state index in [0.717, 1.165) is 11.2 Å². The minimum Gasteiger partial charge on any atom is -0.282 e. The Labute approximate surface area is 84.8 Å². The number of rotatable bonds is 1. The molecule has 1 aromatic carbocycles. The summed E-state index contributed by atoms with van der Waals surface area (Å²) in [6.45, 7) is 0. The zero-order valence-electron chi connectivity index (χ0n) is 6.98. The van der Waals surface area contributed by atoms with Gasteiger partial charge in [-0.3, -0.25) is 9.59 Å². The predicted octanol–water partition coefficient (Wildman–Crippen LogP) is 1.24. The lowest BCUT2D eigenvalue weighted by Crippen LogP contribution is -2.25. The van der Waals surface area contributed by atoms with Gasteiger partial charge in [0.2, 0.25) is 0 Å². The molecule has 1 amide bonds. The first-order valence-electron chi connectivity index (χ1n) is 3.86. The van der Waals surface area contributed by atoms with Gasteiger partial charge >= 0.3 is 5.91 Å². The van der Waals surface area contributed by atoms with E-state index < -0.39 is 11.7 Å². The molecule has 0 bridgehead atoms. The van der Waals surface area contributed by atoms with Gasteiger partial charge in [-0.1, -0.05) is 11.6 Å². The highest BCUT2D eigenvalue weighted by Crippen LogP contribution is 2.19. The lowest BCUT2D eigenvalue weighted by atomic mass is 10.3. The van der Waals surface area contributed by atoms with Crippen LogP contribution in [0.4, 0.5) is 5.69 Å². The van der Waals surface area contributed by atoms with Crippen LogP contribution in [-0.2, 0) is 9.59 Å². The van der Waals surface area contributed by atoms with E-state index in [-0.39, 0.29) is 0 Å². The Bertz CT molecular complexity index is 425. The highest BCUT2D eigenvalue weighted by atomic mass is 35.5. The molecule has 14 heavy (non-hydrogen) atoms. The zero-order valence-corrected chi connectivity index (χ0v) is 7.73. The second-order valence-electron chi connectivity index (χ2n) is 2.70. The Balaban J connectivity index is 2.33. The van der Waals surface area contributed by atoms with E-state index in [1.807, 2.05) is 0 Å². The summed E-state index contributed by atoms with van der Waals surface area (Å²) in [5.74, 6) is -1.26. The number of nitrogens with zero attached hydrogens (tertiary/aromatic N) is 2. The smallest absolute Gasteiger partial charge is 0.282 e. The number of ketones is 1. The van der Waals surface area contributed by atoms with Crippen LogP contribution in [0.15, 0.2) is 29.4 Å². The number of carbonyl (C=O) groups excluding carboxylic acids is 2. The molecule has 1 aliphatic rings. The van der Waals surface area contributed by atoms with Gasteiger partial charge in [-0.25, -0.2) is 0 Å². The van der Waals surface area contributed by atoms with Gasteiger partial charge in [0.25, 0.3) is 5.78 Å². The Hall–Kier alpha value is -1.68. The number of carbonyl (C=O) groups is 2. The lowest BCUT2D eigenvalue weighted by Gasteiger charge is -2.09. The summed E-state index contributed by atoms with van der Waals surface area (Å²) in [6, 6.07) is 6.50. The third-order valence-corrected chi connectivity index (χ3v) is 2.02. The van der Waals surface area contributed by atoms with E-state index in [4.69, 9.17) is 11.6 Å². The number of anilines is 1. The number of amides is 1. The van der Waals surface area contributed by atoms with Gasteiger partial charge in [0.15, 0.2) is 0 Å². The van der Waals surface area contributed by atoms with Crippen LogP contribution in [0.5, 0.6) is 0 Å². The minimum absolute atomic E-state index is 0.529. The normalized spacial score (nSPS) is 15.4. The summed E-state index contributed by atoms with van der Waals surface area (Å²) in [5, 5.41) is 5.27. The van der Waals surface area contributed by atoms with Crippen LogP contribution in [0.3, 0.4) is 0 Å². The fraction of sp³-hybridized carbons (Fsp3) is 0. The van der Waals surface area contributed by atoms with Crippen LogP contribution < -0.4 is 5.01 Å². The molecule has 0 fully saturated rings. The molecule has 0 N–H and O–H groups in total. The van der Waals surface area contributed by atoms with Crippen LogP contribution in [-0.4, -0.2) is 17.9 Å². The van der Waals surface area contributed by atoms with Crippen LogP contribution in [0, 0.1) is 0 Å². The monoisotopic (exact) mass is 208 g/mol. The molecule has 0 unspecified atom stereocenters. The van der Waals surface area contributed by atoms with Crippen molar-refractivity contribution in [1.82, 2.24) is 0 Å². The molecule has 1 heterocycles. The van der Waals surface area contributed by atoms with Gasteiger partial charge < -0.3 is 0 Å². The predicted molar refractivity (Wildman–Crippen MR) is 52.4 cm³/mol. The Morgan fingerprint density at radius 2 is 1.79 bits per heavy atom. The number of hydrogen-bond donors (Lipinski definition) is 0. The van der Waals surface area contributed by atoms with E-state index in [1.54, 1.807) is 24.3 Å². The molecule has 0 radical (unpaired) electrons. The lowest BCUT2D eigenvalue weighted by molar-refractivity contribution is -0.131. The van der Waals surface area contributed by atoms with Gasteiger partial charge in [0, 0.05) is 5.02 Å². The van der Waals surface area contributed by atoms with Crippen molar-refractivity contribution in [3.05, 3.63) is 29.3 Å². The number of hydrogen-bond acceptors (Lipinski definition) is 3. The van der Waals surface area contributed by atoms with Crippen LogP contribution >= 0.6 is 11.6 Å². The summed E-state index contributed by atoms with van der Waals surface area (Å²) in [4.78, 5) is 22.1. The molecule has 1 aliphatic heterocycles. The van der Waals surface area contributed by atoms with Crippen LogP contribution in [0.1, 0.15) is 0 Å². The Kier molecular flexibility index (Phi) is 2.05. The second-order valence-corrected chi connectivity index (χ2v) is 3.14. The SMILES string of the molecule is O=C1C=NN(c2ccc(Cl)cc2)C1=O. The van der Waals surface area contributed by atoms with Gasteiger partial charge in [0.1, 0.15) is 6.21 Å². The molecule has 0 saturated carbocycles. The van der Waals surface area contributed by atoms with E-state index in [0.29, 0.717) is 10.7 Å². The molecule has 0 atom stereocenters. The maximum Gasteiger partial charge on any atom is 0.320 e. The first kappa shape index (κ1) is 8.90. The molecule has 0 aliphatic carbocycles. The molecule has 2 rings (SSSR count). The maximum absolute atomic E-state index is 11.2. The van der Waals surface area contributed by atoms with Crippen molar-refractivity contribution < 1.29 is 9.59 Å². The van der Waals surface area contributed by atoms with Crippen molar-refractivity contribution in [1.29, 1.82) is 0 Å². The summed E-state index contributed by atoms with van der Waals surface area (Å²) >= 11 is 5.67. The van der Waals surface area contributed by atoms with Gasteiger partial charge in [-0.2, -0.15) is 10.1 Å². The van der Waals surface area contributed by atoms with Crippen molar-refractivity contribution in [3.8, 4) is 0 Å². The number of Topliss-reactive ketones (excluding diaryl/α,β-unsaturated/α-hetero) is 1. The van der Waals surface area contributed by atoms with Gasteiger partial charge in [-0.05, 0) is 24.3 Å². The molecule has 1 aromatic rings. The maximum atomic E-state index is 11.2. The third-order valence-electron chi connectivity index (χ3n) is 1.76. The van der Waals surface area contributed by atoms with Crippen molar-refractivity contribution in [2.45, 2.75) is 0 Å². The Morgan fingerprint density at radius 1 is 1.14 bits per heavy atom. The topological polar surface area (TPSA) is 49.7 Å². The molecular formula is C9H5ClN2O2. The van der Waals surface area contributed by atoms with Crippen molar-refractivity contribution in [2.75, 3.05) is 5.01 Å². The average molecular weight is 209 g/mol. The Morgan fingerprint density at radius 3 is 2.29 bits per heavy atom. The van der Waals surface area contributed by atoms with Crippen molar-refractivity contribution in [2.24, 2.45) is 5.10 Å². The number of hydrazone groups is 1. The quantitative estimate of drug-likeness (QED) is 0.652. The van der Waals surface area contributed by atoms with Crippen LogP contribution in [0.25, 0.3) is 0 Å². The van der Waals surface area contributed by atoms with E-state index in [9.17, 15) is 9.59 Å². The van der Waals surface area contributed by atoms with Gasteiger partial charge in [0.05, 0.1) is 5.69 Å². The number of halogens is 1. The first-order chi connectivity index (χ1) is 6.68. The van der Waals surface area contributed by atoms with Gasteiger partial charge in [-0.15, -0.1) is 0 Å². The molecule has 0 saturated heterocycles. The molecule has 0 spiro atoms. The van der Waals surface area contributed by atoms with Crippen molar-refractivity contribution in [3.63, 3.8) is 0 Å². The molecule has 4 nitrogen and oxygen atoms in total. The summed E-state index contributed by atoms with van der Waals surface area (Å²) in [5.41, 5.74) is 0.529. The summed E-state index contributed by atoms with van der Waals surface area (Å²) < 4.78 is 0. The third kappa shape index (κ3) is 1.40. The van der Waals surface area contributed by atoms with E-state index in [1.165, 1.54) is 0 Å². The minimum atomic E-state index is -0.646. The van der Waals surface area contributed by atoms with Crippen LogP contribution in [0.2, 0.25) is 5.02 Å². The average Bonchev–Trinajstić information content (AvgIpc) is 2.50. The van der Waals surface area contributed by atoms with E-state index >= 15 is 0 Å². The second kappa shape index (κ2) is 3.23. The summed E-state index contributed by atoms with van der Waals surface area (Å²) in [7, 11) is 0. The fourth-order valence-corrected chi connectivity index (χ4v) is 1.21. The molecule has 0 aromatic heterocycles. The summed E-state index contributed by atoms with van der Waals surface area (Å²) in [6.07, 6.45) is 0.997. The largest absolute Gasteiger partial charge is 0.320 e. The molecule has 5 heteroatoms. The highest BCUT2D eigenvalue weighted by molar-refractivity contribution is 6.63. The van der Waals surface area contributed by atoms with Crippen molar-refractivity contribution >= 4 is 35.2 Å².